The summed E-state index contributed by atoms with van der Waals surface area (Å²) in [7, 11) is 0. The Balaban J connectivity index is 0.000000917. The summed E-state index contributed by atoms with van der Waals surface area (Å²) in [4.78, 5) is 42.4. The summed E-state index contributed by atoms with van der Waals surface area (Å²) in [5.41, 5.74) is 1.71. The summed E-state index contributed by atoms with van der Waals surface area (Å²) < 4.78 is 0. The number of carbonyl (C=O) groups is 3. The van der Waals surface area contributed by atoms with E-state index >= 15 is 0 Å². The van der Waals surface area contributed by atoms with Crippen molar-refractivity contribution in [2.24, 2.45) is 17.8 Å². The molecule has 0 radical (unpaired) electrons. The molecular weight excluding hydrogens is 444 g/mol. The number of likely N-dealkylation sites (tertiary alicyclic amines) is 1. The minimum absolute atomic E-state index is 0.139. The number of amides is 2. The van der Waals surface area contributed by atoms with E-state index in [1.807, 2.05) is 30.5 Å². The number of piperidine rings is 3. The van der Waals surface area contributed by atoms with E-state index in [0.29, 0.717) is 42.8 Å². The molecule has 190 valence electrons. The predicted molar refractivity (Wildman–Crippen MR) is 135 cm³/mol. The maximum absolute atomic E-state index is 13.6. The van der Waals surface area contributed by atoms with Gasteiger partial charge in [0.1, 0.15) is 0 Å². The third-order valence-corrected chi connectivity index (χ3v) is 7.83. The van der Waals surface area contributed by atoms with Crippen LogP contribution in [0.4, 0.5) is 0 Å². The Kier molecular flexibility index (Phi) is 8.11. The molecule has 3 aliphatic heterocycles. The highest BCUT2D eigenvalue weighted by atomic mass is 16.3. The van der Waals surface area contributed by atoms with Gasteiger partial charge in [-0.25, -0.2) is 0 Å². The van der Waals surface area contributed by atoms with Gasteiger partial charge in [-0.05, 0) is 55.7 Å². The quantitative estimate of drug-likeness (QED) is 0.567. The molecule has 0 spiro atoms. The van der Waals surface area contributed by atoms with Crippen LogP contribution in [0.5, 0.6) is 0 Å². The molecule has 3 saturated heterocycles. The van der Waals surface area contributed by atoms with Gasteiger partial charge in [0.05, 0.1) is 11.1 Å². The summed E-state index contributed by atoms with van der Waals surface area (Å²) in [6.07, 6.45) is 7.37. The second-order valence-electron chi connectivity index (χ2n) is 10.6. The molecule has 5 rings (SSSR count). The SMILES string of the molecule is CC(C)CC(=O)NC[C@H]1[C@H]2C[C@H](CN(C(=O)c3cccc4cc[nH]c34)C2)[C@@H]2CCCCN21.O=CO. The molecule has 1 aromatic heterocycles. The molecule has 8 nitrogen and oxygen atoms in total. The summed E-state index contributed by atoms with van der Waals surface area (Å²) in [5, 5.41) is 11.2. The molecule has 2 amide bonds. The van der Waals surface area contributed by atoms with Gasteiger partial charge >= 0.3 is 0 Å². The van der Waals surface area contributed by atoms with E-state index in [1.165, 1.54) is 25.7 Å². The number of nitrogens with zero attached hydrogens (tertiary/aromatic N) is 2. The Labute approximate surface area is 207 Å². The van der Waals surface area contributed by atoms with E-state index in [-0.39, 0.29) is 18.3 Å². The largest absolute Gasteiger partial charge is 0.483 e. The maximum atomic E-state index is 13.6. The monoisotopic (exact) mass is 482 g/mol. The van der Waals surface area contributed by atoms with Crippen molar-refractivity contribution in [1.82, 2.24) is 20.1 Å². The van der Waals surface area contributed by atoms with Crippen molar-refractivity contribution in [3.63, 3.8) is 0 Å². The lowest BCUT2D eigenvalue weighted by Crippen LogP contribution is -2.66. The van der Waals surface area contributed by atoms with Gasteiger partial charge in [-0.1, -0.05) is 32.4 Å². The van der Waals surface area contributed by atoms with Crippen LogP contribution in [0.3, 0.4) is 0 Å². The topological polar surface area (TPSA) is 106 Å². The van der Waals surface area contributed by atoms with Crippen molar-refractivity contribution in [3.8, 4) is 0 Å². The second kappa shape index (κ2) is 11.2. The van der Waals surface area contributed by atoms with Gasteiger partial charge in [0, 0.05) is 49.7 Å². The Hall–Kier alpha value is -2.87. The van der Waals surface area contributed by atoms with Crippen LogP contribution in [0.25, 0.3) is 10.9 Å². The molecule has 8 heteroatoms. The number of benzene rings is 1. The van der Waals surface area contributed by atoms with Crippen LogP contribution in [0.15, 0.2) is 30.5 Å². The van der Waals surface area contributed by atoms with Gasteiger partial charge in [0.2, 0.25) is 5.91 Å². The number of hydrogen-bond donors (Lipinski definition) is 3. The molecule has 0 aliphatic carbocycles. The van der Waals surface area contributed by atoms with Crippen molar-refractivity contribution in [3.05, 3.63) is 36.0 Å². The molecule has 1 aromatic carbocycles. The zero-order valence-corrected chi connectivity index (χ0v) is 20.8. The van der Waals surface area contributed by atoms with Crippen LogP contribution in [0, 0.1) is 17.8 Å². The molecular formula is C27H38N4O4. The maximum Gasteiger partial charge on any atom is 0.290 e. The highest BCUT2D eigenvalue weighted by Gasteiger charge is 2.48. The lowest BCUT2D eigenvalue weighted by atomic mass is 9.72. The first kappa shape index (κ1) is 25.2. The van der Waals surface area contributed by atoms with Crippen LogP contribution in [0.1, 0.15) is 56.3 Å². The van der Waals surface area contributed by atoms with Crippen LogP contribution in [-0.4, -0.2) is 76.4 Å². The van der Waals surface area contributed by atoms with Gasteiger partial charge in [0.15, 0.2) is 0 Å². The number of fused-ring (bicyclic) bond motifs is 5. The first-order valence-electron chi connectivity index (χ1n) is 12.9. The van der Waals surface area contributed by atoms with Gasteiger partial charge in [0.25, 0.3) is 12.4 Å². The number of H-pyrrole nitrogens is 1. The zero-order chi connectivity index (χ0) is 24.9. The molecule has 0 unspecified atom stereocenters. The van der Waals surface area contributed by atoms with E-state index in [4.69, 9.17) is 9.90 Å². The van der Waals surface area contributed by atoms with Crippen molar-refractivity contribution in [2.75, 3.05) is 26.2 Å². The highest BCUT2D eigenvalue weighted by molar-refractivity contribution is 6.05. The van der Waals surface area contributed by atoms with Crippen LogP contribution < -0.4 is 5.32 Å². The fourth-order valence-corrected chi connectivity index (χ4v) is 6.45. The average molecular weight is 483 g/mol. The second-order valence-corrected chi connectivity index (χ2v) is 10.6. The Morgan fingerprint density at radius 1 is 1.20 bits per heavy atom. The zero-order valence-electron chi connectivity index (χ0n) is 20.8. The number of aromatic nitrogens is 1. The smallest absolute Gasteiger partial charge is 0.290 e. The normalized spacial score (nSPS) is 26.0. The number of hydrogen-bond acceptors (Lipinski definition) is 4. The first-order chi connectivity index (χ1) is 16.9. The van der Waals surface area contributed by atoms with E-state index in [9.17, 15) is 9.59 Å². The van der Waals surface area contributed by atoms with E-state index in [2.05, 4.69) is 33.9 Å². The lowest BCUT2D eigenvalue weighted by Gasteiger charge is -2.56. The van der Waals surface area contributed by atoms with Gasteiger partial charge in [-0.3, -0.25) is 19.3 Å². The molecule has 4 heterocycles. The van der Waals surface area contributed by atoms with E-state index in [1.54, 1.807) is 0 Å². The molecule has 35 heavy (non-hydrogen) atoms. The predicted octanol–water partition coefficient (Wildman–Crippen LogP) is 3.35. The summed E-state index contributed by atoms with van der Waals surface area (Å²) in [6, 6.07) is 8.84. The van der Waals surface area contributed by atoms with E-state index < -0.39 is 0 Å². The fraction of sp³-hybridized carbons (Fsp3) is 0.593. The summed E-state index contributed by atoms with van der Waals surface area (Å²) in [6.45, 7) is 7.37. The number of carboxylic acid groups (broad SMARTS) is 1. The molecule has 4 atom stereocenters. The van der Waals surface area contributed by atoms with Crippen molar-refractivity contribution in [2.45, 2.75) is 58.0 Å². The molecule has 3 fully saturated rings. The fourth-order valence-electron chi connectivity index (χ4n) is 6.45. The van der Waals surface area contributed by atoms with Crippen LogP contribution in [0.2, 0.25) is 0 Å². The van der Waals surface area contributed by atoms with Crippen LogP contribution >= 0.6 is 0 Å². The third-order valence-electron chi connectivity index (χ3n) is 7.83. The number of carbonyl (C=O) groups excluding carboxylic acids is 2. The highest BCUT2D eigenvalue weighted by Crippen LogP contribution is 2.41. The Morgan fingerprint density at radius 3 is 2.74 bits per heavy atom. The van der Waals surface area contributed by atoms with Gasteiger partial charge in [-0.15, -0.1) is 0 Å². The third kappa shape index (κ3) is 5.53. The van der Waals surface area contributed by atoms with Crippen molar-refractivity contribution < 1.29 is 19.5 Å². The number of aromatic amines is 1. The average Bonchev–Trinajstić information content (AvgIpc) is 3.32. The van der Waals surface area contributed by atoms with E-state index in [0.717, 1.165) is 36.1 Å². The molecule has 0 saturated carbocycles. The van der Waals surface area contributed by atoms with Crippen molar-refractivity contribution >= 4 is 29.2 Å². The van der Waals surface area contributed by atoms with Crippen molar-refractivity contribution in [1.29, 1.82) is 0 Å². The van der Waals surface area contributed by atoms with Crippen LogP contribution in [-0.2, 0) is 9.59 Å². The lowest BCUT2D eigenvalue weighted by molar-refractivity contribution is -0.123. The minimum Gasteiger partial charge on any atom is -0.483 e. The molecule has 2 aromatic rings. The number of rotatable bonds is 5. The van der Waals surface area contributed by atoms with Gasteiger partial charge in [-0.2, -0.15) is 0 Å². The molecule has 3 N–H and O–H groups in total. The number of para-hydroxylation sites is 1. The first-order valence-corrected chi connectivity index (χ1v) is 12.9. The standard InChI is InChI=1S/C26H36N4O2.CH2O2/c1-17(2)12-24(31)28-14-23-20-13-19(22-8-3-4-11-30(22)23)15-29(16-20)26(32)21-7-5-6-18-9-10-27-25(18)21;2-1-3/h5-7,9-10,17,19-20,22-23,27H,3-4,8,11-16H2,1-2H3,(H,28,31);1H,(H,2,3)/t19-,20+,22+,23+;/m1./s1. The summed E-state index contributed by atoms with van der Waals surface area (Å²) >= 11 is 0. The number of nitrogens with one attached hydrogen (secondary N) is 2. The molecule has 2 bridgehead atoms. The van der Waals surface area contributed by atoms with Gasteiger partial charge < -0.3 is 20.3 Å². The Bertz CT molecular complexity index is 1040. The molecule has 3 aliphatic rings. The summed E-state index contributed by atoms with van der Waals surface area (Å²) in [5.74, 6) is 1.60. The Morgan fingerprint density at radius 2 is 1.97 bits per heavy atom. The minimum atomic E-state index is -0.250.